The van der Waals surface area contributed by atoms with Gasteiger partial charge in [-0.25, -0.2) is 4.68 Å². The van der Waals surface area contributed by atoms with Crippen LogP contribution in [0.25, 0.3) is 16.6 Å². The second-order valence-corrected chi connectivity index (χ2v) is 5.90. The highest BCUT2D eigenvalue weighted by Gasteiger charge is 2.14. The number of aromatic nitrogens is 2. The molecule has 0 spiro atoms. The first-order valence-corrected chi connectivity index (χ1v) is 7.98. The zero-order valence-corrected chi connectivity index (χ0v) is 12.8. The Morgan fingerprint density at radius 2 is 1.96 bits per heavy atom. The number of ether oxygens (including phenoxy) is 1. The third-order valence-corrected chi connectivity index (χ3v) is 4.30. The molecule has 1 fully saturated rings. The Balaban J connectivity index is 1.54. The van der Waals surface area contributed by atoms with Gasteiger partial charge in [0.2, 0.25) is 0 Å². The minimum absolute atomic E-state index is 0.0376. The minimum atomic E-state index is -0.0376. The molecule has 5 heteroatoms. The fourth-order valence-corrected chi connectivity index (χ4v) is 3.03. The molecule has 0 amide bonds. The number of hydrogen-bond donors (Lipinski definition) is 2. The van der Waals surface area contributed by atoms with E-state index in [-0.39, 0.29) is 5.56 Å². The molecule has 3 aromatic rings. The van der Waals surface area contributed by atoms with Crippen molar-refractivity contribution in [2.24, 2.45) is 0 Å². The van der Waals surface area contributed by atoms with Gasteiger partial charge in [-0.2, -0.15) is 0 Å². The second kappa shape index (κ2) is 5.93. The maximum atomic E-state index is 12.4. The summed E-state index contributed by atoms with van der Waals surface area (Å²) in [5.74, 6) is 0.826. The summed E-state index contributed by atoms with van der Waals surface area (Å²) in [5, 5.41) is 7.24. The molecular formula is C18H19N3O2. The van der Waals surface area contributed by atoms with Crippen molar-refractivity contribution >= 4 is 10.9 Å². The van der Waals surface area contributed by atoms with E-state index in [1.54, 1.807) is 4.68 Å². The van der Waals surface area contributed by atoms with E-state index in [0.29, 0.717) is 18.0 Å². The van der Waals surface area contributed by atoms with Crippen LogP contribution in [0.3, 0.4) is 0 Å². The van der Waals surface area contributed by atoms with Crippen LogP contribution in [0.5, 0.6) is 5.75 Å². The van der Waals surface area contributed by atoms with Crippen LogP contribution in [0.1, 0.15) is 12.8 Å². The zero-order chi connectivity index (χ0) is 15.6. The molecular weight excluding hydrogens is 290 g/mol. The summed E-state index contributed by atoms with van der Waals surface area (Å²) < 4.78 is 7.37. The van der Waals surface area contributed by atoms with Crippen LogP contribution in [-0.4, -0.2) is 29.0 Å². The van der Waals surface area contributed by atoms with E-state index < -0.39 is 0 Å². The number of nitrogens with zero attached hydrogens (tertiary/aromatic N) is 1. The first-order chi connectivity index (χ1) is 11.3. The lowest BCUT2D eigenvalue weighted by atomic mass is 10.2. The Morgan fingerprint density at radius 1 is 1.13 bits per heavy atom. The van der Waals surface area contributed by atoms with E-state index in [2.05, 4.69) is 10.4 Å². The highest BCUT2D eigenvalue weighted by molar-refractivity contribution is 5.78. The van der Waals surface area contributed by atoms with Crippen LogP contribution in [0.2, 0.25) is 0 Å². The van der Waals surface area contributed by atoms with Gasteiger partial charge in [0.15, 0.2) is 0 Å². The monoisotopic (exact) mass is 309 g/mol. The van der Waals surface area contributed by atoms with Gasteiger partial charge in [-0.05, 0) is 55.8 Å². The van der Waals surface area contributed by atoms with E-state index in [9.17, 15) is 4.79 Å². The molecule has 2 N–H and O–H groups in total. The number of para-hydroxylation sites is 1. The average molecular weight is 309 g/mol. The number of hydrogen-bond acceptors (Lipinski definition) is 3. The highest BCUT2D eigenvalue weighted by Crippen LogP contribution is 2.17. The molecule has 23 heavy (non-hydrogen) atoms. The van der Waals surface area contributed by atoms with E-state index in [1.807, 2.05) is 48.5 Å². The molecule has 1 atom stereocenters. The molecule has 1 aliphatic heterocycles. The zero-order valence-electron chi connectivity index (χ0n) is 12.8. The number of H-pyrrole nitrogens is 1. The third kappa shape index (κ3) is 2.75. The van der Waals surface area contributed by atoms with Crippen LogP contribution in [0.4, 0.5) is 0 Å². The number of nitrogens with one attached hydrogen (secondary N) is 2. The first-order valence-electron chi connectivity index (χ1n) is 7.98. The van der Waals surface area contributed by atoms with Crippen LogP contribution in [-0.2, 0) is 0 Å². The number of benzene rings is 2. The molecule has 0 saturated carbocycles. The van der Waals surface area contributed by atoms with Gasteiger partial charge in [0, 0.05) is 6.04 Å². The summed E-state index contributed by atoms with van der Waals surface area (Å²) in [6.45, 7) is 1.77. The van der Waals surface area contributed by atoms with Crippen molar-refractivity contribution in [3.63, 3.8) is 0 Å². The summed E-state index contributed by atoms with van der Waals surface area (Å²) in [5.41, 5.74) is 1.60. The van der Waals surface area contributed by atoms with Crippen LogP contribution >= 0.6 is 0 Å². The van der Waals surface area contributed by atoms with Crippen molar-refractivity contribution in [2.45, 2.75) is 18.9 Å². The lowest BCUT2D eigenvalue weighted by Crippen LogP contribution is -2.28. The van der Waals surface area contributed by atoms with Gasteiger partial charge in [-0.15, -0.1) is 0 Å². The molecule has 1 aromatic heterocycles. The molecule has 2 aromatic carbocycles. The summed E-state index contributed by atoms with van der Waals surface area (Å²) in [6.07, 6.45) is 2.39. The predicted octanol–water partition coefficient (Wildman–Crippen LogP) is 2.45. The van der Waals surface area contributed by atoms with E-state index in [4.69, 9.17) is 4.74 Å². The predicted molar refractivity (Wildman–Crippen MR) is 90.4 cm³/mol. The van der Waals surface area contributed by atoms with Crippen molar-refractivity contribution in [3.05, 3.63) is 58.9 Å². The van der Waals surface area contributed by atoms with Gasteiger partial charge >= 0.3 is 0 Å². The lowest BCUT2D eigenvalue weighted by molar-refractivity contribution is 0.277. The summed E-state index contributed by atoms with van der Waals surface area (Å²) in [6, 6.07) is 15.6. The van der Waals surface area contributed by atoms with Crippen molar-refractivity contribution in [3.8, 4) is 11.4 Å². The fourth-order valence-electron chi connectivity index (χ4n) is 3.03. The quantitative estimate of drug-likeness (QED) is 0.778. The SMILES string of the molecule is O=c1c2ccccc2[nH]n1-c1ccc(OCC2CCCN2)cc1. The molecule has 0 aliphatic carbocycles. The smallest absolute Gasteiger partial charge is 0.279 e. The van der Waals surface area contributed by atoms with E-state index in [0.717, 1.165) is 23.5 Å². The van der Waals surface area contributed by atoms with Gasteiger partial charge in [0.25, 0.3) is 5.56 Å². The van der Waals surface area contributed by atoms with Gasteiger partial charge in [0.05, 0.1) is 16.6 Å². The van der Waals surface area contributed by atoms with Crippen LogP contribution in [0.15, 0.2) is 53.3 Å². The molecule has 1 aliphatic rings. The van der Waals surface area contributed by atoms with Crippen molar-refractivity contribution < 1.29 is 4.74 Å². The topological polar surface area (TPSA) is 59.0 Å². The summed E-state index contributed by atoms with van der Waals surface area (Å²) >= 11 is 0. The van der Waals surface area contributed by atoms with Gasteiger partial charge in [-0.3, -0.25) is 9.89 Å². The molecule has 0 bridgehead atoms. The minimum Gasteiger partial charge on any atom is -0.492 e. The van der Waals surface area contributed by atoms with Crippen LogP contribution in [0, 0.1) is 0 Å². The summed E-state index contributed by atoms with van der Waals surface area (Å²) in [4.78, 5) is 12.4. The normalized spacial score (nSPS) is 17.7. The molecule has 4 rings (SSSR count). The standard InChI is InChI=1S/C18H19N3O2/c22-18-16-5-1-2-6-17(16)20-21(18)14-7-9-15(10-8-14)23-12-13-4-3-11-19-13/h1-2,5-10,13,19-20H,3-4,11-12H2. The number of fused-ring (bicyclic) bond motifs is 1. The van der Waals surface area contributed by atoms with E-state index in [1.165, 1.54) is 12.8 Å². The Hall–Kier alpha value is -2.53. The fraction of sp³-hybridized carbons (Fsp3) is 0.278. The number of rotatable bonds is 4. The molecule has 118 valence electrons. The molecule has 0 radical (unpaired) electrons. The van der Waals surface area contributed by atoms with E-state index >= 15 is 0 Å². The van der Waals surface area contributed by atoms with Crippen molar-refractivity contribution in [1.82, 2.24) is 15.1 Å². The maximum absolute atomic E-state index is 12.4. The Bertz CT molecular complexity index is 858. The molecule has 1 saturated heterocycles. The molecule has 1 unspecified atom stereocenters. The highest BCUT2D eigenvalue weighted by atomic mass is 16.5. The van der Waals surface area contributed by atoms with Crippen LogP contribution < -0.4 is 15.6 Å². The first kappa shape index (κ1) is 14.1. The maximum Gasteiger partial charge on any atom is 0.279 e. The second-order valence-electron chi connectivity index (χ2n) is 5.90. The third-order valence-electron chi connectivity index (χ3n) is 4.30. The van der Waals surface area contributed by atoms with Gasteiger partial charge in [0.1, 0.15) is 12.4 Å². The Labute approximate surface area is 133 Å². The molecule has 5 nitrogen and oxygen atoms in total. The average Bonchev–Trinajstić information content (AvgIpc) is 3.22. The van der Waals surface area contributed by atoms with Gasteiger partial charge in [-0.1, -0.05) is 12.1 Å². The van der Waals surface area contributed by atoms with Gasteiger partial charge < -0.3 is 10.1 Å². The van der Waals surface area contributed by atoms with Crippen molar-refractivity contribution in [1.29, 1.82) is 0 Å². The summed E-state index contributed by atoms with van der Waals surface area (Å²) in [7, 11) is 0. The molecule has 2 heterocycles. The lowest BCUT2D eigenvalue weighted by Gasteiger charge is -2.12. The Morgan fingerprint density at radius 3 is 2.70 bits per heavy atom. The number of aromatic amines is 1. The van der Waals surface area contributed by atoms with Crippen molar-refractivity contribution in [2.75, 3.05) is 13.2 Å². The Kier molecular flexibility index (Phi) is 3.63. The largest absolute Gasteiger partial charge is 0.492 e.